The molecule has 3 aromatic heterocycles. The smallest absolute Gasteiger partial charge is 0.223 e. The summed E-state index contributed by atoms with van der Waals surface area (Å²) in [6.45, 7) is 5.83. The Kier molecular flexibility index (Phi) is 4.87. The first-order chi connectivity index (χ1) is 14.1. The van der Waals surface area contributed by atoms with Crippen LogP contribution in [0.1, 0.15) is 48.4 Å². The number of imidazole rings is 1. The summed E-state index contributed by atoms with van der Waals surface area (Å²) in [6.07, 6.45) is 8.93. The van der Waals surface area contributed by atoms with Crippen molar-refractivity contribution in [2.45, 2.75) is 57.7 Å². The van der Waals surface area contributed by atoms with Gasteiger partial charge in [-0.3, -0.25) is 14.7 Å². The normalized spacial score (nSPS) is 23.3. The molecule has 1 spiro atoms. The standard InChI is InChI=1S/C22H27N5OS/c1-17-19(24-20-5-2-3-11-26(17)20)15-25-10-4-7-22(9-12-25)8-6-21(28)27(22)14-18-13-23-16-29-18/h2-3,5,11,13,16H,4,6-10,12,14-15H2,1H3. The Labute approximate surface area is 175 Å². The first-order valence-corrected chi connectivity index (χ1v) is 11.4. The topological polar surface area (TPSA) is 53.7 Å². The van der Waals surface area contributed by atoms with Gasteiger partial charge in [-0.25, -0.2) is 4.98 Å². The molecule has 0 bridgehead atoms. The number of thiazole rings is 1. The third-order valence-corrected chi connectivity index (χ3v) is 7.49. The van der Waals surface area contributed by atoms with Crippen molar-refractivity contribution in [3.05, 3.63) is 52.4 Å². The number of hydrogen-bond acceptors (Lipinski definition) is 5. The minimum atomic E-state index is 0.0176. The quantitative estimate of drug-likeness (QED) is 0.660. The molecule has 152 valence electrons. The molecule has 5 rings (SSSR count). The second-order valence-corrected chi connectivity index (χ2v) is 9.35. The maximum absolute atomic E-state index is 12.7. The Balaban J connectivity index is 1.31. The second-order valence-electron chi connectivity index (χ2n) is 8.37. The highest BCUT2D eigenvalue weighted by molar-refractivity contribution is 7.09. The molecule has 5 heterocycles. The van der Waals surface area contributed by atoms with Crippen LogP contribution in [0.4, 0.5) is 0 Å². The van der Waals surface area contributed by atoms with Crippen LogP contribution in [0.5, 0.6) is 0 Å². The number of pyridine rings is 1. The molecule has 0 saturated carbocycles. The molecule has 2 saturated heterocycles. The predicted molar refractivity (Wildman–Crippen MR) is 114 cm³/mol. The Morgan fingerprint density at radius 1 is 1.17 bits per heavy atom. The SMILES string of the molecule is Cc1c(CN2CCCC3(CCC(=O)N3Cc3cncs3)CC2)nc2ccccn12. The lowest BCUT2D eigenvalue weighted by Gasteiger charge is -2.38. The van der Waals surface area contributed by atoms with Gasteiger partial charge in [-0.15, -0.1) is 11.3 Å². The molecule has 29 heavy (non-hydrogen) atoms. The van der Waals surface area contributed by atoms with Crippen molar-refractivity contribution in [2.75, 3.05) is 13.1 Å². The van der Waals surface area contributed by atoms with Gasteiger partial charge >= 0.3 is 0 Å². The number of aryl methyl sites for hydroxylation is 1. The highest BCUT2D eigenvalue weighted by atomic mass is 32.1. The van der Waals surface area contributed by atoms with Gasteiger partial charge in [-0.1, -0.05) is 6.07 Å². The van der Waals surface area contributed by atoms with Gasteiger partial charge in [0.25, 0.3) is 0 Å². The van der Waals surface area contributed by atoms with E-state index in [0.29, 0.717) is 12.3 Å². The van der Waals surface area contributed by atoms with E-state index in [2.05, 4.69) is 44.4 Å². The molecule has 1 amide bonds. The minimum absolute atomic E-state index is 0.0176. The molecule has 0 N–H and O–H groups in total. The van der Waals surface area contributed by atoms with Gasteiger partial charge in [-0.2, -0.15) is 0 Å². The summed E-state index contributed by atoms with van der Waals surface area (Å²) in [6, 6.07) is 6.15. The number of fused-ring (bicyclic) bond motifs is 1. The zero-order valence-electron chi connectivity index (χ0n) is 16.9. The molecular weight excluding hydrogens is 382 g/mol. The second kappa shape index (κ2) is 7.54. The molecule has 2 aliphatic rings. The molecule has 6 nitrogen and oxygen atoms in total. The van der Waals surface area contributed by atoms with Crippen LogP contribution in [0.3, 0.4) is 0 Å². The molecule has 0 aliphatic carbocycles. The first-order valence-electron chi connectivity index (χ1n) is 10.5. The summed E-state index contributed by atoms with van der Waals surface area (Å²) in [5.41, 5.74) is 5.28. The number of carbonyl (C=O) groups is 1. The van der Waals surface area contributed by atoms with Crippen molar-refractivity contribution in [2.24, 2.45) is 0 Å². The van der Waals surface area contributed by atoms with Crippen LogP contribution in [0.25, 0.3) is 5.65 Å². The molecule has 0 radical (unpaired) electrons. The zero-order valence-corrected chi connectivity index (χ0v) is 17.7. The highest BCUT2D eigenvalue weighted by Gasteiger charge is 2.45. The molecule has 1 atom stereocenters. The van der Waals surface area contributed by atoms with E-state index in [1.807, 2.05) is 17.8 Å². The van der Waals surface area contributed by atoms with Crippen LogP contribution in [0, 0.1) is 6.92 Å². The van der Waals surface area contributed by atoms with Gasteiger partial charge in [0.15, 0.2) is 0 Å². The minimum Gasteiger partial charge on any atom is -0.332 e. The summed E-state index contributed by atoms with van der Waals surface area (Å²) in [5, 5.41) is 0. The average molecular weight is 410 g/mol. The van der Waals surface area contributed by atoms with E-state index in [1.54, 1.807) is 11.3 Å². The summed E-state index contributed by atoms with van der Waals surface area (Å²) < 4.78 is 2.17. The maximum Gasteiger partial charge on any atom is 0.223 e. The molecule has 2 fully saturated rings. The lowest BCUT2D eigenvalue weighted by molar-refractivity contribution is -0.132. The third kappa shape index (κ3) is 3.46. The van der Waals surface area contributed by atoms with Gasteiger partial charge in [0.1, 0.15) is 5.65 Å². The van der Waals surface area contributed by atoms with Gasteiger partial charge in [0.2, 0.25) is 5.91 Å². The van der Waals surface area contributed by atoms with Gasteiger partial charge < -0.3 is 9.30 Å². The fourth-order valence-electron chi connectivity index (χ4n) is 5.05. The Morgan fingerprint density at radius 2 is 2.10 bits per heavy atom. The van der Waals surface area contributed by atoms with E-state index < -0.39 is 0 Å². The van der Waals surface area contributed by atoms with E-state index in [-0.39, 0.29) is 5.54 Å². The first kappa shape index (κ1) is 18.8. The average Bonchev–Trinajstić information content (AvgIpc) is 3.38. The van der Waals surface area contributed by atoms with Crippen molar-refractivity contribution >= 4 is 22.9 Å². The van der Waals surface area contributed by atoms with Crippen molar-refractivity contribution in [1.82, 2.24) is 24.2 Å². The molecule has 1 unspecified atom stereocenters. The number of amides is 1. The summed E-state index contributed by atoms with van der Waals surface area (Å²) in [5.74, 6) is 0.308. The van der Waals surface area contributed by atoms with Gasteiger partial charge in [0, 0.05) is 48.0 Å². The van der Waals surface area contributed by atoms with Crippen molar-refractivity contribution in [3.63, 3.8) is 0 Å². The number of rotatable bonds is 4. The van der Waals surface area contributed by atoms with Crippen LogP contribution in [0.15, 0.2) is 36.1 Å². The Hall–Kier alpha value is -2.25. The van der Waals surface area contributed by atoms with Gasteiger partial charge in [-0.05, 0) is 51.3 Å². The number of aromatic nitrogens is 3. The summed E-state index contributed by atoms with van der Waals surface area (Å²) in [7, 11) is 0. The highest BCUT2D eigenvalue weighted by Crippen LogP contribution is 2.40. The Bertz CT molecular complexity index is 1010. The van der Waals surface area contributed by atoms with Crippen LogP contribution >= 0.6 is 11.3 Å². The van der Waals surface area contributed by atoms with E-state index in [1.165, 1.54) is 10.6 Å². The molecular formula is C22H27N5OS. The van der Waals surface area contributed by atoms with E-state index >= 15 is 0 Å². The number of hydrogen-bond donors (Lipinski definition) is 0. The number of carbonyl (C=O) groups excluding carboxylic acids is 1. The third-order valence-electron chi connectivity index (χ3n) is 6.73. The van der Waals surface area contributed by atoms with E-state index in [4.69, 9.17) is 4.98 Å². The molecule has 7 heteroatoms. The predicted octanol–water partition coefficient (Wildman–Crippen LogP) is 3.65. The number of likely N-dealkylation sites (tertiary alicyclic amines) is 2. The summed E-state index contributed by atoms with van der Waals surface area (Å²) in [4.78, 5) is 27.6. The van der Waals surface area contributed by atoms with Crippen LogP contribution < -0.4 is 0 Å². The zero-order chi connectivity index (χ0) is 19.8. The Morgan fingerprint density at radius 3 is 2.93 bits per heavy atom. The fourth-order valence-corrected chi connectivity index (χ4v) is 5.63. The summed E-state index contributed by atoms with van der Waals surface area (Å²) >= 11 is 1.64. The van der Waals surface area contributed by atoms with Crippen molar-refractivity contribution in [1.29, 1.82) is 0 Å². The van der Waals surface area contributed by atoms with Crippen LogP contribution in [-0.2, 0) is 17.9 Å². The lowest BCUT2D eigenvalue weighted by atomic mass is 9.87. The largest absolute Gasteiger partial charge is 0.332 e. The van der Waals surface area contributed by atoms with Crippen LogP contribution in [-0.4, -0.2) is 48.7 Å². The molecule has 2 aliphatic heterocycles. The molecule has 0 aromatic carbocycles. The van der Waals surface area contributed by atoms with Crippen molar-refractivity contribution < 1.29 is 4.79 Å². The van der Waals surface area contributed by atoms with Gasteiger partial charge in [0.05, 0.1) is 17.7 Å². The van der Waals surface area contributed by atoms with Crippen molar-refractivity contribution in [3.8, 4) is 0 Å². The van der Waals surface area contributed by atoms with Crippen LogP contribution in [0.2, 0.25) is 0 Å². The lowest BCUT2D eigenvalue weighted by Crippen LogP contribution is -2.45. The molecule has 3 aromatic rings. The maximum atomic E-state index is 12.7. The van der Waals surface area contributed by atoms with E-state index in [9.17, 15) is 4.79 Å². The fraction of sp³-hybridized carbons (Fsp3) is 0.500. The van der Waals surface area contributed by atoms with E-state index in [0.717, 1.165) is 63.2 Å². The number of nitrogens with zero attached hydrogens (tertiary/aromatic N) is 5. The monoisotopic (exact) mass is 409 g/mol.